The molecule has 3 aromatic heterocycles. The molecule has 50 heavy (non-hydrogen) atoms. The van der Waals surface area contributed by atoms with Crippen LogP contribution in [-0.4, -0.2) is 56.4 Å². The number of piperidine rings is 1. The predicted molar refractivity (Wildman–Crippen MR) is 204 cm³/mol. The van der Waals surface area contributed by atoms with Crippen LogP contribution in [0.25, 0.3) is 16.1 Å². The van der Waals surface area contributed by atoms with E-state index in [9.17, 15) is 9.59 Å². The second-order valence-electron chi connectivity index (χ2n) is 12.9. The number of benzene rings is 2. The molecule has 3 aliphatic heterocycles. The van der Waals surface area contributed by atoms with E-state index in [1.165, 1.54) is 4.88 Å². The molecule has 6 heterocycles. The molecule has 10 nitrogen and oxygen atoms in total. The Labute approximate surface area is 306 Å². The van der Waals surface area contributed by atoms with E-state index < -0.39 is 6.04 Å². The summed E-state index contributed by atoms with van der Waals surface area (Å²) in [6, 6.07) is 17.3. The summed E-state index contributed by atoms with van der Waals surface area (Å²) in [7, 11) is 0. The van der Waals surface area contributed by atoms with Crippen molar-refractivity contribution in [2.45, 2.75) is 58.5 Å². The first kappa shape index (κ1) is 34.0. The number of nitrogens with one attached hydrogen (secondary N) is 2. The number of aromatic nitrogens is 4. The van der Waals surface area contributed by atoms with Gasteiger partial charge < -0.3 is 15.5 Å². The summed E-state index contributed by atoms with van der Waals surface area (Å²) in [5, 5.41) is 16.9. The minimum Gasteiger partial charge on any atom is -0.356 e. The molecule has 256 valence electrons. The molecule has 2 amide bonds. The van der Waals surface area contributed by atoms with Crippen LogP contribution in [0.2, 0.25) is 5.02 Å². The predicted octanol–water partition coefficient (Wildman–Crippen LogP) is 6.64. The van der Waals surface area contributed by atoms with Gasteiger partial charge in [-0.1, -0.05) is 29.8 Å². The summed E-state index contributed by atoms with van der Waals surface area (Å²) in [4.78, 5) is 39.1. The number of aryl methyl sites for hydroxylation is 2. The Morgan fingerprint density at radius 2 is 1.80 bits per heavy atom. The molecule has 1 saturated heterocycles. The second kappa shape index (κ2) is 13.7. The van der Waals surface area contributed by atoms with E-state index in [4.69, 9.17) is 21.6 Å². The number of aliphatic imine (C=N–C) groups is 1. The number of anilines is 2. The lowest BCUT2D eigenvalue weighted by atomic mass is 9.99. The highest BCUT2D eigenvalue weighted by Crippen LogP contribution is 2.40. The molecule has 0 bridgehead atoms. The summed E-state index contributed by atoms with van der Waals surface area (Å²) < 4.78 is 2.07. The molecule has 3 aliphatic rings. The van der Waals surface area contributed by atoms with E-state index in [1.807, 2.05) is 55.6 Å². The number of carbonyl (C=O) groups excluding carboxylic acids is 2. The van der Waals surface area contributed by atoms with Crippen molar-refractivity contribution in [1.29, 1.82) is 0 Å². The van der Waals surface area contributed by atoms with Crippen molar-refractivity contribution in [3.05, 3.63) is 105 Å². The Morgan fingerprint density at radius 1 is 1.04 bits per heavy atom. The van der Waals surface area contributed by atoms with Crippen LogP contribution in [0.4, 0.5) is 11.5 Å². The quantitative estimate of drug-likeness (QED) is 0.203. The fraction of sp³-hybridized carbons (Fsp3) is 0.297. The summed E-state index contributed by atoms with van der Waals surface area (Å²) >= 11 is 7.95. The fourth-order valence-electron chi connectivity index (χ4n) is 7.10. The summed E-state index contributed by atoms with van der Waals surface area (Å²) in [5.41, 5.74) is 7.94. The number of hydrogen-bond acceptors (Lipinski definition) is 8. The van der Waals surface area contributed by atoms with Gasteiger partial charge >= 0.3 is 0 Å². The van der Waals surface area contributed by atoms with Gasteiger partial charge in [0, 0.05) is 57.6 Å². The van der Waals surface area contributed by atoms with Gasteiger partial charge in [0.05, 0.1) is 18.6 Å². The van der Waals surface area contributed by atoms with E-state index in [-0.39, 0.29) is 37.8 Å². The number of pyridine rings is 1. The first-order chi connectivity index (χ1) is 23.7. The largest absolute Gasteiger partial charge is 0.356 e. The molecule has 0 aliphatic carbocycles. The van der Waals surface area contributed by atoms with Crippen LogP contribution < -0.4 is 15.5 Å². The Balaban J connectivity index is 0.00000392. The van der Waals surface area contributed by atoms with Crippen LogP contribution in [0.15, 0.2) is 65.8 Å². The lowest BCUT2D eigenvalue weighted by Gasteiger charge is -2.34. The van der Waals surface area contributed by atoms with E-state index in [2.05, 4.69) is 56.3 Å². The van der Waals surface area contributed by atoms with Gasteiger partial charge in [-0.25, -0.2) is 4.98 Å². The third kappa shape index (κ3) is 6.20. The Hall–Kier alpha value is -4.52. The molecule has 2 aromatic carbocycles. The third-order valence-corrected chi connectivity index (χ3v) is 11.2. The minimum atomic E-state index is -0.514. The maximum atomic E-state index is 13.7. The number of carbonyl (C=O) groups is 2. The number of rotatable bonds is 6. The number of amides is 2. The van der Waals surface area contributed by atoms with Gasteiger partial charge in [0.1, 0.15) is 22.7 Å². The van der Waals surface area contributed by atoms with Gasteiger partial charge in [-0.2, -0.15) is 13.5 Å². The zero-order chi connectivity index (χ0) is 33.8. The van der Waals surface area contributed by atoms with Gasteiger partial charge in [-0.15, -0.1) is 21.5 Å². The van der Waals surface area contributed by atoms with Crippen LogP contribution in [0.3, 0.4) is 0 Å². The van der Waals surface area contributed by atoms with Crippen molar-refractivity contribution in [2.75, 3.05) is 23.3 Å². The average Bonchev–Trinajstić information content (AvgIpc) is 3.73. The lowest BCUT2D eigenvalue weighted by Crippen LogP contribution is -2.45. The van der Waals surface area contributed by atoms with Crippen molar-refractivity contribution in [3.63, 3.8) is 0 Å². The zero-order valence-corrected chi connectivity index (χ0v) is 30.5. The van der Waals surface area contributed by atoms with Gasteiger partial charge in [-0.05, 0) is 86.7 Å². The number of thiophene rings is 1. The molecule has 0 spiro atoms. The normalized spacial score (nSPS) is 16.8. The summed E-state index contributed by atoms with van der Waals surface area (Å²) in [5.74, 6) is 2.31. The van der Waals surface area contributed by atoms with Gasteiger partial charge in [0.25, 0.3) is 0 Å². The highest BCUT2D eigenvalue weighted by atomic mass is 35.5. The Bertz CT molecular complexity index is 2150. The van der Waals surface area contributed by atoms with Crippen LogP contribution in [0.1, 0.15) is 64.1 Å². The van der Waals surface area contributed by atoms with E-state index in [0.29, 0.717) is 17.3 Å². The standard InChI is InChI=1S/C37H35ClN8O2S.H2S/c1-20-21(2)49-37-33(20)34(23-6-9-26(38)10-7-23)42-30(36-44-43-22(3)46(36)37)19-32(48)40-27-12-15-45(16-13-27)35-28(5-4-14-39-35)24-8-11-29-25(17-24)18-31(47)41-29;/h4-11,14,17,27,30H,12-13,15-16,18-19H2,1-3H3,(H,40,48)(H,41,47);1H2/t30-;/m0./s1. The van der Waals surface area contributed by atoms with Crippen molar-refractivity contribution in [1.82, 2.24) is 25.1 Å². The lowest BCUT2D eigenvalue weighted by molar-refractivity contribution is -0.122. The van der Waals surface area contributed by atoms with Crippen LogP contribution in [0, 0.1) is 20.8 Å². The molecule has 13 heteroatoms. The highest BCUT2D eigenvalue weighted by molar-refractivity contribution is 7.59. The average molecular weight is 725 g/mol. The van der Waals surface area contributed by atoms with Crippen LogP contribution >= 0.6 is 36.4 Å². The molecule has 0 unspecified atom stereocenters. The first-order valence-corrected chi connectivity index (χ1v) is 17.7. The van der Waals surface area contributed by atoms with E-state index in [1.54, 1.807) is 11.3 Å². The molecule has 1 atom stereocenters. The van der Waals surface area contributed by atoms with Crippen LogP contribution in [-0.2, 0) is 16.0 Å². The molecule has 1 fully saturated rings. The van der Waals surface area contributed by atoms with E-state index in [0.717, 1.165) is 87.4 Å². The fourth-order valence-corrected chi connectivity index (χ4v) is 8.44. The first-order valence-electron chi connectivity index (χ1n) is 16.5. The van der Waals surface area contributed by atoms with Crippen LogP contribution in [0.5, 0.6) is 0 Å². The maximum absolute atomic E-state index is 13.7. The minimum absolute atomic E-state index is 0. The summed E-state index contributed by atoms with van der Waals surface area (Å²) in [6.07, 6.45) is 3.95. The number of fused-ring (bicyclic) bond motifs is 4. The van der Waals surface area contributed by atoms with Gasteiger partial charge in [0.2, 0.25) is 11.8 Å². The van der Waals surface area contributed by atoms with E-state index >= 15 is 0 Å². The van der Waals surface area contributed by atoms with Crippen molar-refractivity contribution < 1.29 is 9.59 Å². The molecule has 5 aromatic rings. The number of nitrogens with zero attached hydrogens (tertiary/aromatic N) is 6. The van der Waals surface area contributed by atoms with Gasteiger partial charge in [0.15, 0.2) is 5.82 Å². The maximum Gasteiger partial charge on any atom is 0.228 e. The number of halogens is 1. The SMILES string of the molecule is Cc1sc2c(c1C)C(c1ccc(Cl)cc1)=N[C@@H](CC(=O)NC1CCN(c3ncccc3-c3ccc4c(c3)CC(=O)N4)CC1)c1nnc(C)n1-2.S. The monoisotopic (exact) mass is 724 g/mol. The molecular weight excluding hydrogens is 688 g/mol. The third-order valence-electron chi connectivity index (χ3n) is 9.72. The van der Waals surface area contributed by atoms with Crippen molar-refractivity contribution >= 4 is 65.5 Å². The smallest absolute Gasteiger partial charge is 0.228 e. The zero-order valence-electron chi connectivity index (χ0n) is 28.0. The Morgan fingerprint density at radius 3 is 2.58 bits per heavy atom. The molecule has 2 N–H and O–H groups in total. The summed E-state index contributed by atoms with van der Waals surface area (Å²) in [6.45, 7) is 7.70. The van der Waals surface area contributed by atoms with Gasteiger partial charge in [-0.3, -0.25) is 19.1 Å². The molecule has 0 radical (unpaired) electrons. The topological polar surface area (TPSA) is 117 Å². The Kier molecular flexibility index (Phi) is 9.27. The molecule has 0 saturated carbocycles. The molecule has 8 rings (SSSR count). The molecular formula is C37H37ClN8O2S2. The second-order valence-corrected chi connectivity index (χ2v) is 14.5. The van der Waals surface area contributed by atoms with Crippen molar-refractivity contribution in [2.24, 2.45) is 4.99 Å². The highest BCUT2D eigenvalue weighted by Gasteiger charge is 2.33. The number of hydrogen-bond donors (Lipinski definition) is 2. The van der Waals surface area contributed by atoms with Crippen molar-refractivity contribution in [3.8, 4) is 16.1 Å².